The summed E-state index contributed by atoms with van der Waals surface area (Å²) in [6.07, 6.45) is -3.97. The lowest BCUT2D eigenvalue weighted by atomic mass is 9.94. The molecule has 0 aliphatic heterocycles. The Morgan fingerprint density at radius 2 is 1.58 bits per heavy atom. The molecule has 0 spiro atoms. The summed E-state index contributed by atoms with van der Waals surface area (Å²) in [6, 6.07) is 3.00. The number of ether oxygens (including phenoxy) is 3. The van der Waals surface area contributed by atoms with Gasteiger partial charge in [-0.1, -0.05) is 0 Å². The molecule has 2 aromatic rings. The fourth-order valence-corrected chi connectivity index (χ4v) is 2.65. The molecule has 1 aromatic heterocycles. The van der Waals surface area contributed by atoms with E-state index in [2.05, 4.69) is 4.98 Å². The Labute approximate surface area is 148 Å². The molecule has 0 saturated carbocycles. The first-order valence-corrected chi connectivity index (χ1v) is 7.53. The molecule has 0 unspecified atom stereocenters. The molecule has 0 saturated heterocycles. The summed E-state index contributed by atoms with van der Waals surface area (Å²) in [6.45, 7) is 2.87. The fraction of sp³-hybridized carbons (Fsp3) is 0.333. The topological polar surface area (TPSA) is 57.7 Å². The third kappa shape index (κ3) is 3.44. The zero-order valence-electron chi connectivity index (χ0n) is 14.9. The van der Waals surface area contributed by atoms with Crippen LogP contribution in [0.5, 0.6) is 17.4 Å². The number of carbonyl (C=O) groups is 1. The molecule has 0 amide bonds. The van der Waals surface area contributed by atoms with Crippen molar-refractivity contribution in [1.82, 2.24) is 4.98 Å². The first-order chi connectivity index (χ1) is 12.1. The van der Waals surface area contributed by atoms with Gasteiger partial charge in [-0.05, 0) is 37.1 Å². The molecule has 0 fully saturated rings. The Kier molecular flexibility index (Phi) is 5.44. The molecule has 26 heavy (non-hydrogen) atoms. The van der Waals surface area contributed by atoms with Gasteiger partial charge in [0.05, 0.1) is 32.5 Å². The predicted molar refractivity (Wildman–Crippen MR) is 88.2 cm³/mol. The largest absolute Gasteiger partial charge is 0.493 e. The quantitative estimate of drug-likeness (QED) is 0.747. The number of methoxy groups -OCH3 is 3. The van der Waals surface area contributed by atoms with Gasteiger partial charge in [-0.15, -0.1) is 0 Å². The highest BCUT2D eigenvalue weighted by atomic mass is 19.4. The van der Waals surface area contributed by atoms with Crippen molar-refractivity contribution >= 4 is 5.78 Å². The van der Waals surface area contributed by atoms with E-state index in [0.717, 1.165) is 0 Å². The number of ketones is 1. The van der Waals surface area contributed by atoms with E-state index >= 15 is 0 Å². The third-order valence-electron chi connectivity index (χ3n) is 4.00. The normalized spacial score (nSPS) is 11.2. The van der Waals surface area contributed by atoms with Crippen molar-refractivity contribution in [3.63, 3.8) is 0 Å². The Bertz CT molecular complexity index is 847. The van der Waals surface area contributed by atoms with Gasteiger partial charge in [-0.2, -0.15) is 13.2 Å². The van der Waals surface area contributed by atoms with Crippen molar-refractivity contribution in [2.24, 2.45) is 0 Å². The fourth-order valence-electron chi connectivity index (χ4n) is 2.65. The van der Waals surface area contributed by atoms with Crippen LogP contribution in [0.25, 0.3) is 0 Å². The summed E-state index contributed by atoms with van der Waals surface area (Å²) in [7, 11) is 4.09. The number of aromatic nitrogens is 1. The van der Waals surface area contributed by atoms with E-state index in [9.17, 15) is 18.0 Å². The van der Waals surface area contributed by atoms with Gasteiger partial charge in [-0.25, -0.2) is 4.98 Å². The van der Waals surface area contributed by atoms with Gasteiger partial charge in [0.2, 0.25) is 5.88 Å². The lowest BCUT2D eigenvalue weighted by Crippen LogP contribution is -2.15. The van der Waals surface area contributed by atoms with E-state index in [4.69, 9.17) is 14.2 Å². The van der Waals surface area contributed by atoms with Crippen LogP contribution < -0.4 is 14.2 Å². The Hall–Kier alpha value is -2.77. The Balaban J connectivity index is 2.71. The molecule has 140 valence electrons. The number of benzene rings is 1. The Morgan fingerprint density at radius 1 is 1.00 bits per heavy atom. The van der Waals surface area contributed by atoms with Crippen molar-refractivity contribution in [2.75, 3.05) is 21.3 Å². The van der Waals surface area contributed by atoms with Crippen LogP contribution in [-0.4, -0.2) is 32.1 Å². The van der Waals surface area contributed by atoms with E-state index < -0.39 is 17.5 Å². The molecular weight excluding hydrogens is 351 g/mol. The second kappa shape index (κ2) is 7.23. The SMILES string of the molecule is COc1cc(C)c(C(=O)c2c(OC)ncc(C(F)(F)F)c2C)cc1OC. The van der Waals surface area contributed by atoms with Gasteiger partial charge in [0.15, 0.2) is 17.3 Å². The lowest BCUT2D eigenvalue weighted by Gasteiger charge is -2.17. The molecule has 0 aliphatic rings. The minimum Gasteiger partial charge on any atom is -0.493 e. The monoisotopic (exact) mass is 369 g/mol. The lowest BCUT2D eigenvalue weighted by molar-refractivity contribution is -0.138. The van der Waals surface area contributed by atoms with Gasteiger partial charge >= 0.3 is 6.18 Å². The minimum absolute atomic E-state index is 0.171. The molecule has 0 radical (unpaired) electrons. The molecule has 8 heteroatoms. The molecule has 0 N–H and O–H groups in total. The number of halogens is 3. The predicted octanol–water partition coefficient (Wildman–Crippen LogP) is 3.97. The van der Waals surface area contributed by atoms with Crippen molar-refractivity contribution in [3.8, 4) is 17.4 Å². The second-order valence-electron chi connectivity index (χ2n) is 5.53. The van der Waals surface area contributed by atoms with E-state index in [0.29, 0.717) is 17.5 Å². The summed E-state index contributed by atoms with van der Waals surface area (Å²) >= 11 is 0. The number of nitrogens with zero attached hydrogens (tertiary/aromatic N) is 1. The maximum Gasteiger partial charge on any atom is 0.418 e. The molecule has 1 aromatic carbocycles. The number of hydrogen-bond acceptors (Lipinski definition) is 5. The zero-order valence-corrected chi connectivity index (χ0v) is 14.9. The third-order valence-corrected chi connectivity index (χ3v) is 4.00. The number of alkyl halides is 3. The average molecular weight is 369 g/mol. The van der Waals surface area contributed by atoms with E-state index in [1.54, 1.807) is 13.0 Å². The van der Waals surface area contributed by atoms with Crippen LogP contribution in [-0.2, 0) is 6.18 Å². The van der Waals surface area contributed by atoms with Gasteiger partial charge in [0.1, 0.15) is 0 Å². The number of rotatable bonds is 5. The van der Waals surface area contributed by atoms with Crippen LogP contribution >= 0.6 is 0 Å². The number of carbonyl (C=O) groups excluding carboxylic acids is 1. The summed E-state index contributed by atoms with van der Waals surface area (Å²) < 4.78 is 55.0. The molecular formula is C18H18F3NO4. The van der Waals surface area contributed by atoms with Crippen LogP contribution in [0.4, 0.5) is 13.2 Å². The maximum absolute atomic E-state index is 13.2. The van der Waals surface area contributed by atoms with Crippen molar-refractivity contribution in [1.29, 1.82) is 0 Å². The summed E-state index contributed by atoms with van der Waals surface area (Å²) in [4.78, 5) is 16.7. The number of hydrogen-bond donors (Lipinski definition) is 0. The zero-order chi connectivity index (χ0) is 19.6. The number of pyridine rings is 1. The molecule has 2 rings (SSSR count). The number of aryl methyl sites for hydroxylation is 1. The summed E-state index contributed by atoms with van der Waals surface area (Å²) in [5.74, 6) is -0.114. The van der Waals surface area contributed by atoms with Crippen LogP contribution in [0.2, 0.25) is 0 Å². The van der Waals surface area contributed by atoms with Gasteiger partial charge < -0.3 is 14.2 Å². The maximum atomic E-state index is 13.2. The van der Waals surface area contributed by atoms with Crippen LogP contribution in [0.3, 0.4) is 0 Å². The summed E-state index contributed by atoms with van der Waals surface area (Å²) in [5, 5.41) is 0. The van der Waals surface area contributed by atoms with Crippen LogP contribution in [0.15, 0.2) is 18.3 Å². The highest BCUT2D eigenvalue weighted by Crippen LogP contribution is 2.37. The molecule has 0 bridgehead atoms. The Morgan fingerprint density at radius 3 is 2.08 bits per heavy atom. The highest BCUT2D eigenvalue weighted by Gasteiger charge is 2.36. The average Bonchev–Trinajstić information content (AvgIpc) is 2.59. The highest BCUT2D eigenvalue weighted by molar-refractivity contribution is 6.12. The molecule has 1 heterocycles. The molecule has 5 nitrogen and oxygen atoms in total. The van der Waals surface area contributed by atoms with E-state index in [1.807, 2.05) is 0 Å². The first kappa shape index (κ1) is 19.6. The van der Waals surface area contributed by atoms with E-state index in [-0.39, 0.29) is 28.3 Å². The second-order valence-corrected chi connectivity index (χ2v) is 5.53. The minimum atomic E-state index is -4.63. The van der Waals surface area contributed by atoms with Gasteiger partial charge in [0, 0.05) is 11.8 Å². The smallest absolute Gasteiger partial charge is 0.418 e. The molecule has 0 aliphatic carbocycles. The van der Waals surface area contributed by atoms with E-state index in [1.165, 1.54) is 34.3 Å². The van der Waals surface area contributed by atoms with Gasteiger partial charge in [0.25, 0.3) is 0 Å². The van der Waals surface area contributed by atoms with Crippen LogP contribution in [0, 0.1) is 13.8 Å². The standard InChI is InChI=1S/C18H18F3NO4/c1-9-6-13(24-3)14(25-4)7-11(9)16(23)15-10(2)12(18(19,20)21)8-22-17(15)26-5/h6-8H,1-5H3. The van der Waals surface area contributed by atoms with Crippen LogP contribution in [0.1, 0.15) is 32.6 Å². The summed E-state index contributed by atoms with van der Waals surface area (Å²) in [5.41, 5.74) is -0.780. The van der Waals surface area contributed by atoms with Crippen molar-refractivity contribution in [2.45, 2.75) is 20.0 Å². The van der Waals surface area contributed by atoms with Crippen molar-refractivity contribution < 1.29 is 32.2 Å². The first-order valence-electron chi connectivity index (χ1n) is 7.53. The van der Waals surface area contributed by atoms with Crippen molar-refractivity contribution in [3.05, 3.63) is 46.1 Å². The molecule has 0 atom stereocenters. The van der Waals surface area contributed by atoms with Gasteiger partial charge in [-0.3, -0.25) is 4.79 Å².